The molecule has 1 saturated heterocycles. The van der Waals surface area contributed by atoms with E-state index < -0.39 is 49.8 Å². The largest absolute Gasteiger partial charge is 0.486 e. The van der Waals surface area contributed by atoms with Gasteiger partial charge in [-0.1, -0.05) is 6.08 Å². The van der Waals surface area contributed by atoms with Crippen LogP contribution in [-0.4, -0.2) is 87.2 Å². The molecule has 2 aliphatic rings. The SMILES string of the molecule is N[C@@H](CO)C(=O)N1CC(OC2=C(C(=O)O)C(O)C(CCB(O)O)C=C2)C1. The van der Waals surface area contributed by atoms with E-state index in [9.17, 15) is 19.8 Å². The molecule has 0 bridgehead atoms. The van der Waals surface area contributed by atoms with Crippen LogP contribution in [-0.2, 0) is 14.3 Å². The highest BCUT2D eigenvalue weighted by Gasteiger charge is 2.38. The first-order valence-electron chi connectivity index (χ1n) is 8.26. The summed E-state index contributed by atoms with van der Waals surface area (Å²) in [6.45, 7) is -0.0615. The lowest BCUT2D eigenvalue weighted by Gasteiger charge is -2.41. The molecule has 1 amide bonds. The zero-order chi connectivity index (χ0) is 19.4. The highest BCUT2D eigenvalue weighted by Crippen LogP contribution is 2.30. The number of hydrogen-bond acceptors (Lipinski definition) is 8. The molecule has 0 spiro atoms. The number of likely N-dealkylation sites (tertiary alicyclic amines) is 1. The first-order chi connectivity index (χ1) is 12.2. The molecule has 0 aromatic carbocycles. The standard InChI is InChI=1S/C15H23BN2O8/c17-10(7-19)14(21)18-5-9(6-18)26-11-2-1-8(3-4-16(24)25)13(20)12(11)15(22)23/h1-2,8-10,13,19-20,24-25H,3-7,17H2,(H,22,23)/t8?,10-,13?/m0/s1. The van der Waals surface area contributed by atoms with Crippen LogP contribution < -0.4 is 5.73 Å². The van der Waals surface area contributed by atoms with Crippen LogP contribution in [0.1, 0.15) is 6.42 Å². The van der Waals surface area contributed by atoms with Gasteiger partial charge in [0.25, 0.3) is 0 Å². The third-order valence-corrected chi connectivity index (χ3v) is 4.42. The number of carbonyl (C=O) groups is 2. The minimum absolute atomic E-state index is 0.0000344. The molecule has 0 radical (unpaired) electrons. The fourth-order valence-electron chi connectivity index (χ4n) is 2.88. The van der Waals surface area contributed by atoms with Crippen LogP contribution in [0.25, 0.3) is 0 Å². The molecule has 2 rings (SSSR count). The van der Waals surface area contributed by atoms with Crippen molar-refractivity contribution in [2.75, 3.05) is 19.7 Å². The molecule has 7 N–H and O–H groups in total. The molecule has 11 heteroatoms. The van der Waals surface area contributed by atoms with Crippen LogP contribution in [0.3, 0.4) is 0 Å². The van der Waals surface area contributed by atoms with Gasteiger partial charge in [0.2, 0.25) is 5.91 Å². The average Bonchev–Trinajstić information content (AvgIpc) is 2.54. The number of ether oxygens (including phenoxy) is 1. The molecular weight excluding hydrogens is 347 g/mol. The van der Waals surface area contributed by atoms with E-state index in [1.54, 1.807) is 6.08 Å². The number of aliphatic hydroxyl groups is 2. The van der Waals surface area contributed by atoms with Crippen LogP contribution in [0.4, 0.5) is 0 Å². The Labute approximate surface area is 150 Å². The predicted octanol–water partition coefficient (Wildman–Crippen LogP) is -2.72. The molecule has 2 unspecified atom stereocenters. The summed E-state index contributed by atoms with van der Waals surface area (Å²) >= 11 is 0. The summed E-state index contributed by atoms with van der Waals surface area (Å²) in [6, 6.07) is -0.997. The molecule has 0 aromatic heterocycles. The lowest BCUT2D eigenvalue weighted by Crippen LogP contribution is -2.59. The van der Waals surface area contributed by atoms with Gasteiger partial charge in [-0.25, -0.2) is 4.79 Å². The maximum absolute atomic E-state index is 11.8. The van der Waals surface area contributed by atoms with Crippen LogP contribution in [0, 0.1) is 5.92 Å². The molecule has 1 aliphatic carbocycles. The molecule has 1 aliphatic heterocycles. The molecule has 26 heavy (non-hydrogen) atoms. The quantitative estimate of drug-likeness (QED) is 0.248. The minimum atomic E-state index is -1.53. The Kier molecular flexibility index (Phi) is 6.78. The Morgan fingerprint density at radius 3 is 2.58 bits per heavy atom. The normalized spacial score (nSPS) is 24.3. The van der Waals surface area contributed by atoms with Gasteiger partial charge in [-0.3, -0.25) is 4.79 Å². The molecule has 144 valence electrons. The number of carboxylic acid groups (broad SMARTS) is 1. The lowest BCUT2D eigenvalue weighted by atomic mass is 9.77. The number of hydrogen-bond donors (Lipinski definition) is 6. The molecular formula is C15H23BN2O8. The van der Waals surface area contributed by atoms with Gasteiger partial charge in [0.15, 0.2) is 0 Å². The number of rotatable bonds is 8. The van der Waals surface area contributed by atoms with Gasteiger partial charge < -0.3 is 40.7 Å². The lowest BCUT2D eigenvalue weighted by molar-refractivity contribution is -0.145. The van der Waals surface area contributed by atoms with Gasteiger partial charge in [-0.05, 0) is 18.8 Å². The maximum atomic E-state index is 11.8. The number of amides is 1. The van der Waals surface area contributed by atoms with Crippen molar-refractivity contribution in [3.05, 3.63) is 23.5 Å². The second-order valence-corrected chi connectivity index (χ2v) is 6.38. The van der Waals surface area contributed by atoms with Crippen molar-refractivity contribution >= 4 is 19.0 Å². The van der Waals surface area contributed by atoms with E-state index in [-0.39, 0.29) is 37.2 Å². The van der Waals surface area contributed by atoms with Gasteiger partial charge in [0.05, 0.1) is 25.8 Å². The monoisotopic (exact) mass is 370 g/mol. The minimum Gasteiger partial charge on any atom is -0.486 e. The van der Waals surface area contributed by atoms with Crippen LogP contribution in [0.2, 0.25) is 6.32 Å². The zero-order valence-electron chi connectivity index (χ0n) is 14.1. The summed E-state index contributed by atoms with van der Waals surface area (Å²) < 4.78 is 5.60. The molecule has 3 atom stereocenters. The first kappa shape index (κ1) is 20.4. The van der Waals surface area contributed by atoms with Crippen molar-refractivity contribution in [1.29, 1.82) is 0 Å². The summed E-state index contributed by atoms with van der Waals surface area (Å²) in [5.41, 5.74) is 5.15. The Bertz CT molecular complexity index is 602. The second kappa shape index (κ2) is 8.65. The number of allylic oxidation sites excluding steroid dienone is 1. The van der Waals surface area contributed by atoms with Gasteiger partial charge in [-0.15, -0.1) is 0 Å². The van der Waals surface area contributed by atoms with E-state index in [1.165, 1.54) is 11.0 Å². The summed E-state index contributed by atoms with van der Waals surface area (Å²) in [4.78, 5) is 24.7. The number of nitrogens with zero attached hydrogens (tertiary/aromatic N) is 1. The number of carbonyl (C=O) groups excluding carboxylic acids is 1. The number of aliphatic hydroxyl groups excluding tert-OH is 2. The van der Waals surface area contributed by atoms with Crippen LogP contribution >= 0.6 is 0 Å². The van der Waals surface area contributed by atoms with Gasteiger partial charge >= 0.3 is 13.1 Å². The van der Waals surface area contributed by atoms with Crippen molar-refractivity contribution < 1.29 is 39.7 Å². The smallest absolute Gasteiger partial charge is 0.451 e. The Balaban J connectivity index is 1.99. The van der Waals surface area contributed by atoms with Crippen LogP contribution in [0.5, 0.6) is 0 Å². The van der Waals surface area contributed by atoms with Crippen molar-refractivity contribution in [1.82, 2.24) is 4.90 Å². The number of carboxylic acids is 1. The number of nitrogens with two attached hydrogens (primary N) is 1. The maximum Gasteiger partial charge on any atom is 0.451 e. The van der Waals surface area contributed by atoms with Crippen LogP contribution in [0.15, 0.2) is 23.5 Å². The summed E-state index contributed by atoms with van der Waals surface area (Å²) in [7, 11) is -1.53. The van der Waals surface area contributed by atoms with Gasteiger partial charge in [0.1, 0.15) is 23.5 Å². The molecule has 0 aromatic rings. The average molecular weight is 370 g/mol. The highest BCUT2D eigenvalue weighted by atomic mass is 16.5. The van der Waals surface area contributed by atoms with Crippen molar-refractivity contribution in [3.8, 4) is 0 Å². The molecule has 1 fully saturated rings. The van der Waals surface area contributed by atoms with Gasteiger partial charge in [-0.2, -0.15) is 0 Å². The summed E-state index contributed by atoms with van der Waals surface area (Å²) in [6.07, 6.45) is 1.42. The van der Waals surface area contributed by atoms with E-state index in [0.717, 1.165) is 0 Å². The third-order valence-electron chi connectivity index (χ3n) is 4.42. The van der Waals surface area contributed by atoms with Crippen molar-refractivity contribution in [3.63, 3.8) is 0 Å². The van der Waals surface area contributed by atoms with Gasteiger partial charge in [0, 0.05) is 5.92 Å². The predicted molar refractivity (Wildman–Crippen MR) is 89.4 cm³/mol. The fraction of sp³-hybridized carbons (Fsp3) is 0.600. The highest BCUT2D eigenvalue weighted by molar-refractivity contribution is 6.40. The van der Waals surface area contributed by atoms with E-state index in [0.29, 0.717) is 0 Å². The Morgan fingerprint density at radius 1 is 1.38 bits per heavy atom. The van der Waals surface area contributed by atoms with E-state index in [4.69, 9.17) is 25.6 Å². The summed E-state index contributed by atoms with van der Waals surface area (Å²) in [5.74, 6) is -2.31. The Morgan fingerprint density at radius 2 is 2.04 bits per heavy atom. The molecule has 0 saturated carbocycles. The topological polar surface area (TPSA) is 174 Å². The fourth-order valence-corrected chi connectivity index (χ4v) is 2.88. The van der Waals surface area contributed by atoms with Crippen molar-refractivity contribution in [2.24, 2.45) is 11.7 Å². The summed E-state index contributed by atoms with van der Waals surface area (Å²) in [5, 5.41) is 46.4. The molecule has 10 nitrogen and oxygen atoms in total. The third kappa shape index (κ3) is 4.62. The Hall–Kier alpha value is -1.92. The van der Waals surface area contributed by atoms with E-state index >= 15 is 0 Å². The van der Waals surface area contributed by atoms with E-state index in [2.05, 4.69) is 0 Å². The first-order valence-corrected chi connectivity index (χ1v) is 8.26. The zero-order valence-corrected chi connectivity index (χ0v) is 14.1. The molecule has 1 heterocycles. The number of aliphatic carboxylic acids is 1. The second-order valence-electron chi connectivity index (χ2n) is 6.38. The van der Waals surface area contributed by atoms with E-state index in [1.807, 2.05) is 0 Å². The van der Waals surface area contributed by atoms with Crippen molar-refractivity contribution in [2.45, 2.75) is 31.0 Å².